The van der Waals surface area contributed by atoms with Gasteiger partial charge in [0.15, 0.2) is 0 Å². The number of rotatable bonds is 1. The summed E-state index contributed by atoms with van der Waals surface area (Å²) >= 11 is 2.15. The summed E-state index contributed by atoms with van der Waals surface area (Å²) in [5, 5.41) is 0. The fraction of sp³-hybridized carbons (Fsp3) is 0. The lowest BCUT2D eigenvalue weighted by atomic mass is 10.1. The monoisotopic (exact) mass is 302 g/mol. The first-order chi connectivity index (χ1) is 9.70. The minimum atomic E-state index is -0.318. The minimum Gasteiger partial charge on any atom is -0.414 e. The lowest BCUT2D eigenvalue weighted by Gasteiger charge is -2.01. The molecule has 0 bridgehead atoms. The first kappa shape index (κ1) is 11.6. The molecule has 0 N–H and O–H groups in total. The van der Waals surface area contributed by atoms with Crippen molar-refractivity contribution in [1.29, 1.82) is 0 Å². The Kier molecular flexibility index (Phi) is 2.42. The zero-order valence-corrected chi connectivity index (χ0v) is 11.5. The van der Waals surface area contributed by atoms with Crippen LogP contribution in [0.1, 0.15) is 0 Å². The summed E-state index contributed by atoms with van der Waals surface area (Å²) < 4.78 is 11.8. The van der Waals surface area contributed by atoms with Crippen molar-refractivity contribution >= 4 is 43.2 Å². The van der Waals surface area contributed by atoms with Crippen molar-refractivity contribution in [3.05, 3.63) is 55.9 Å². The van der Waals surface area contributed by atoms with Gasteiger partial charge in [-0.15, -0.1) is 0 Å². The number of benzene rings is 2. The second-order valence-electron chi connectivity index (χ2n) is 4.20. The molecule has 4 rings (SSSR count). The maximum absolute atomic E-state index is 11.4. The molecule has 0 saturated heterocycles. The van der Waals surface area contributed by atoms with Gasteiger partial charge in [-0.25, -0.2) is 9.59 Å². The van der Waals surface area contributed by atoms with Crippen molar-refractivity contribution in [2.45, 2.75) is 0 Å². The summed E-state index contributed by atoms with van der Waals surface area (Å²) in [6, 6.07) is 11.1. The third-order valence-corrected chi connectivity index (χ3v) is 4.66. The summed E-state index contributed by atoms with van der Waals surface area (Å²) in [6.45, 7) is 0. The molecule has 0 radical (unpaired) electrons. The molecular weight excluding hydrogens is 296 g/mol. The van der Waals surface area contributed by atoms with E-state index in [9.17, 15) is 9.59 Å². The fourth-order valence-corrected chi connectivity index (χ4v) is 3.67. The predicted octanol–water partition coefficient (Wildman–Crippen LogP) is 3.69. The van der Waals surface area contributed by atoms with Crippen LogP contribution in [0.2, 0.25) is 0 Å². The van der Waals surface area contributed by atoms with Crippen molar-refractivity contribution in [2.24, 2.45) is 0 Å². The summed E-state index contributed by atoms with van der Waals surface area (Å²) in [5.41, 5.74) is 3.01. The fourth-order valence-electron chi connectivity index (χ4n) is 2.16. The molecule has 0 fully saturated rings. The quantitative estimate of drug-likeness (QED) is 0.538. The van der Waals surface area contributed by atoms with Crippen molar-refractivity contribution in [1.82, 2.24) is 0 Å². The highest BCUT2D eigenvalue weighted by Crippen LogP contribution is 2.32. The third-order valence-electron chi connectivity index (χ3n) is 3.00. The number of hydrogen-bond donors (Lipinski definition) is 0. The zero-order chi connectivity index (χ0) is 13.7. The maximum Gasteiger partial charge on any atom is 0.396 e. The van der Waals surface area contributed by atoms with Gasteiger partial charge in [-0.05, 0) is 23.8 Å². The summed E-state index contributed by atoms with van der Waals surface area (Å²) in [7, 11) is 0. The van der Waals surface area contributed by atoms with Gasteiger partial charge in [-0.2, -0.15) is 0 Å². The molecule has 2 heterocycles. The van der Waals surface area contributed by atoms with Crippen molar-refractivity contribution in [3.63, 3.8) is 0 Å². The van der Waals surface area contributed by atoms with Gasteiger partial charge < -0.3 is 8.83 Å². The number of hydrogen-bond acceptors (Lipinski definition) is 6. The van der Waals surface area contributed by atoms with Gasteiger partial charge in [0.2, 0.25) is 0 Å². The van der Waals surface area contributed by atoms with Crippen LogP contribution in [-0.4, -0.2) is 0 Å². The topological polar surface area (TPSA) is 60.4 Å². The van der Waals surface area contributed by atoms with Gasteiger partial charge in [0.25, 0.3) is 0 Å². The van der Waals surface area contributed by atoms with Crippen LogP contribution >= 0.6 is 22.7 Å². The van der Waals surface area contributed by atoms with E-state index in [1.165, 1.54) is 0 Å². The smallest absolute Gasteiger partial charge is 0.396 e. The summed E-state index contributed by atoms with van der Waals surface area (Å²) in [6.07, 6.45) is 0. The van der Waals surface area contributed by atoms with Gasteiger partial charge in [0.1, 0.15) is 11.2 Å². The van der Waals surface area contributed by atoms with Gasteiger partial charge in [-0.1, -0.05) is 40.9 Å². The highest BCUT2D eigenvalue weighted by Gasteiger charge is 2.10. The van der Waals surface area contributed by atoms with Crippen molar-refractivity contribution in [2.75, 3.05) is 0 Å². The van der Waals surface area contributed by atoms with Crippen LogP contribution < -0.4 is 9.88 Å². The van der Waals surface area contributed by atoms with E-state index in [4.69, 9.17) is 8.83 Å². The third kappa shape index (κ3) is 1.73. The van der Waals surface area contributed by atoms with E-state index in [1.54, 1.807) is 12.1 Å². The maximum atomic E-state index is 11.4. The first-order valence-corrected chi connectivity index (χ1v) is 7.41. The van der Waals surface area contributed by atoms with E-state index >= 15 is 0 Å². The zero-order valence-electron chi connectivity index (χ0n) is 9.91. The van der Waals surface area contributed by atoms with Crippen LogP contribution in [0.4, 0.5) is 0 Å². The summed E-state index contributed by atoms with van der Waals surface area (Å²) in [4.78, 5) is 22.0. The normalized spacial score (nSPS) is 11.4. The van der Waals surface area contributed by atoms with Crippen molar-refractivity contribution < 1.29 is 8.83 Å². The Morgan fingerprint density at radius 1 is 0.850 bits per heavy atom. The lowest BCUT2D eigenvalue weighted by molar-refractivity contribution is 0.585. The van der Waals surface area contributed by atoms with Gasteiger partial charge in [0.05, 0.1) is 9.40 Å². The molecule has 0 amide bonds. The van der Waals surface area contributed by atoms with Gasteiger partial charge in [0, 0.05) is 5.56 Å². The van der Waals surface area contributed by atoms with Crippen LogP contribution in [-0.2, 0) is 0 Å². The molecule has 4 aromatic rings. The molecule has 6 heteroatoms. The minimum absolute atomic E-state index is 0.316. The Balaban J connectivity index is 2.04. The van der Waals surface area contributed by atoms with E-state index in [-0.39, 0.29) is 9.88 Å². The summed E-state index contributed by atoms with van der Waals surface area (Å²) in [5.74, 6) is 0. The highest BCUT2D eigenvalue weighted by molar-refractivity contribution is 7.17. The Labute approximate surface area is 119 Å². The first-order valence-electron chi connectivity index (χ1n) is 5.77. The van der Waals surface area contributed by atoms with Crippen LogP contribution in [0.15, 0.2) is 54.8 Å². The second-order valence-corrected chi connectivity index (χ2v) is 6.13. The van der Waals surface area contributed by atoms with E-state index in [2.05, 4.69) is 0 Å². The van der Waals surface area contributed by atoms with Crippen LogP contribution in [0.25, 0.3) is 31.7 Å². The van der Waals surface area contributed by atoms with Gasteiger partial charge in [-0.3, -0.25) is 0 Å². The average molecular weight is 302 g/mol. The molecule has 4 nitrogen and oxygen atoms in total. The van der Waals surface area contributed by atoms with E-state index in [0.29, 0.717) is 11.2 Å². The SMILES string of the molecule is O=c1oc2ccc(-c3cccc4oc(=O)sc34)cc2s1. The molecule has 0 aliphatic rings. The second kappa shape index (κ2) is 4.16. The molecule has 0 spiro atoms. The van der Waals surface area contributed by atoms with Crippen LogP contribution in [0.3, 0.4) is 0 Å². The van der Waals surface area contributed by atoms with Gasteiger partial charge >= 0.3 is 9.88 Å². The molecule has 0 atom stereocenters. The largest absolute Gasteiger partial charge is 0.414 e. The molecule has 0 aliphatic heterocycles. The van der Waals surface area contributed by atoms with Crippen LogP contribution in [0.5, 0.6) is 0 Å². The van der Waals surface area contributed by atoms with Crippen molar-refractivity contribution in [3.8, 4) is 11.1 Å². The standard InChI is InChI=1S/C14H6O4S2/c15-13-17-9-5-4-7(6-11(9)19-13)8-2-1-3-10-12(8)20-14(16)18-10/h1-6H. The molecule has 0 aliphatic carbocycles. The Morgan fingerprint density at radius 2 is 1.65 bits per heavy atom. The molecular formula is C14H6O4S2. The highest BCUT2D eigenvalue weighted by atomic mass is 32.1. The van der Waals surface area contributed by atoms with Crippen LogP contribution in [0, 0.1) is 0 Å². The Bertz CT molecular complexity index is 1050. The predicted molar refractivity (Wildman–Crippen MR) is 79.7 cm³/mol. The van der Waals surface area contributed by atoms with E-state index in [1.807, 2.05) is 24.3 Å². The molecule has 20 heavy (non-hydrogen) atoms. The Hall–Kier alpha value is -2.18. The van der Waals surface area contributed by atoms with E-state index < -0.39 is 0 Å². The molecule has 0 unspecified atom stereocenters. The average Bonchev–Trinajstić information content (AvgIpc) is 2.97. The molecule has 2 aromatic heterocycles. The number of fused-ring (bicyclic) bond motifs is 2. The molecule has 2 aromatic carbocycles. The Morgan fingerprint density at radius 3 is 2.55 bits per heavy atom. The molecule has 98 valence electrons. The molecule has 0 saturated carbocycles. The lowest BCUT2D eigenvalue weighted by Crippen LogP contribution is -1.79. The van der Waals surface area contributed by atoms with E-state index in [0.717, 1.165) is 43.2 Å².